The highest BCUT2D eigenvalue weighted by atomic mass is 35.5. The molecule has 2 heterocycles. The van der Waals surface area contributed by atoms with Crippen LogP contribution in [-0.2, 0) is 9.59 Å². The second-order valence-electron chi connectivity index (χ2n) is 5.41. The minimum atomic E-state index is -0.374. The van der Waals surface area contributed by atoms with Crippen LogP contribution < -0.4 is 4.90 Å². The van der Waals surface area contributed by atoms with Crippen LogP contribution in [0.2, 0.25) is 10.0 Å². The van der Waals surface area contributed by atoms with Crippen LogP contribution in [-0.4, -0.2) is 35.8 Å². The molecule has 2 aliphatic heterocycles. The van der Waals surface area contributed by atoms with Crippen LogP contribution in [0.5, 0.6) is 0 Å². The van der Waals surface area contributed by atoms with E-state index in [0.29, 0.717) is 41.7 Å². The number of carbonyl (C=O) groups is 2. The van der Waals surface area contributed by atoms with Gasteiger partial charge in [0.1, 0.15) is 6.04 Å². The maximum absolute atomic E-state index is 12.8. The van der Waals surface area contributed by atoms with Gasteiger partial charge in [0.15, 0.2) is 0 Å². The summed E-state index contributed by atoms with van der Waals surface area (Å²) >= 11 is 12.4. The van der Waals surface area contributed by atoms with Gasteiger partial charge in [-0.05, 0) is 31.4 Å². The lowest BCUT2D eigenvalue weighted by atomic mass is 10.0. The average Bonchev–Trinajstić information content (AvgIpc) is 2.60. The number of hydrogen-bond acceptors (Lipinski definition) is 2. The van der Waals surface area contributed by atoms with E-state index in [1.165, 1.54) is 0 Å². The van der Waals surface area contributed by atoms with Gasteiger partial charge in [-0.25, -0.2) is 0 Å². The zero-order valence-electron chi connectivity index (χ0n) is 11.5. The first-order valence-corrected chi connectivity index (χ1v) is 7.90. The van der Waals surface area contributed by atoms with Crippen molar-refractivity contribution in [1.29, 1.82) is 0 Å². The van der Waals surface area contributed by atoms with Crippen molar-refractivity contribution in [2.75, 3.05) is 18.0 Å². The Morgan fingerprint density at radius 3 is 2.48 bits per heavy atom. The second-order valence-corrected chi connectivity index (χ2v) is 6.22. The number of para-hydroxylation sites is 1. The van der Waals surface area contributed by atoms with Gasteiger partial charge in [0.2, 0.25) is 11.8 Å². The Morgan fingerprint density at radius 2 is 1.76 bits per heavy atom. The van der Waals surface area contributed by atoms with Crippen LogP contribution in [0.25, 0.3) is 0 Å². The molecule has 0 aromatic heterocycles. The van der Waals surface area contributed by atoms with E-state index in [4.69, 9.17) is 23.2 Å². The van der Waals surface area contributed by atoms with E-state index in [1.54, 1.807) is 28.0 Å². The number of nitrogens with zero attached hydrogens (tertiary/aromatic N) is 2. The van der Waals surface area contributed by atoms with E-state index in [1.807, 2.05) is 0 Å². The van der Waals surface area contributed by atoms with Crippen molar-refractivity contribution in [3.8, 4) is 0 Å². The van der Waals surface area contributed by atoms with Gasteiger partial charge < -0.3 is 9.80 Å². The van der Waals surface area contributed by atoms with E-state index in [9.17, 15) is 9.59 Å². The van der Waals surface area contributed by atoms with E-state index < -0.39 is 0 Å². The highest BCUT2D eigenvalue weighted by Crippen LogP contribution is 2.36. The van der Waals surface area contributed by atoms with Gasteiger partial charge >= 0.3 is 0 Å². The lowest BCUT2D eigenvalue weighted by Gasteiger charge is -2.34. The zero-order valence-corrected chi connectivity index (χ0v) is 13.0. The molecular weight excluding hydrogens is 311 g/mol. The molecule has 1 aromatic carbocycles. The maximum atomic E-state index is 12.8. The Morgan fingerprint density at radius 1 is 1.05 bits per heavy atom. The van der Waals surface area contributed by atoms with Crippen LogP contribution in [0, 0.1) is 0 Å². The van der Waals surface area contributed by atoms with Crippen LogP contribution in [0.1, 0.15) is 25.7 Å². The van der Waals surface area contributed by atoms with Gasteiger partial charge in [0.05, 0.1) is 15.7 Å². The van der Waals surface area contributed by atoms with E-state index in [-0.39, 0.29) is 17.9 Å². The second kappa shape index (κ2) is 5.85. The van der Waals surface area contributed by atoms with Crippen molar-refractivity contribution in [3.05, 3.63) is 28.2 Å². The molecule has 3 rings (SSSR count). The molecule has 2 amide bonds. The molecule has 0 bridgehead atoms. The first-order chi connectivity index (χ1) is 10.1. The zero-order chi connectivity index (χ0) is 15.0. The number of fused-ring (bicyclic) bond motifs is 1. The molecule has 4 nitrogen and oxygen atoms in total. The smallest absolute Gasteiger partial charge is 0.249 e. The van der Waals surface area contributed by atoms with Crippen LogP contribution in [0.3, 0.4) is 0 Å². The number of benzene rings is 1. The highest BCUT2D eigenvalue weighted by molar-refractivity contribution is 6.40. The van der Waals surface area contributed by atoms with Crippen molar-refractivity contribution in [3.63, 3.8) is 0 Å². The molecule has 0 aliphatic carbocycles. The predicted octanol–water partition coefficient (Wildman–Crippen LogP) is 3.11. The summed E-state index contributed by atoms with van der Waals surface area (Å²) in [5.41, 5.74) is 0.519. The molecule has 2 aliphatic rings. The number of carbonyl (C=O) groups excluding carboxylic acids is 2. The molecule has 2 saturated heterocycles. The van der Waals surface area contributed by atoms with E-state index >= 15 is 0 Å². The number of anilines is 1. The van der Waals surface area contributed by atoms with Crippen LogP contribution in [0.15, 0.2) is 18.2 Å². The summed E-state index contributed by atoms with van der Waals surface area (Å²) < 4.78 is 0. The molecule has 0 N–H and O–H groups in total. The number of rotatable bonds is 1. The van der Waals surface area contributed by atoms with Crippen molar-refractivity contribution in [2.45, 2.75) is 31.7 Å². The van der Waals surface area contributed by atoms with Gasteiger partial charge in [-0.2, -0.15) is 0 Å². The summed E-state index contributed by atoms with van der Waals surface area (Å²) in [7, 11) is 0. The van der Waals surface area contributed by atoms with Crippen molar-refractivity contribution < 1.29 is 9.59 Å². The molecule has 2 fully saturated rings. The van der Waals surface area contributed by atoms with Crippen molar-refractivity contribution >= 4 is 40.7 Å². The minimum absolute atomic E-state index is 0.0405. The fourth-order valence-corrected chi connectivity index (χ4v) is 3.70. The van der Waals surface area contributed by atoms with Gasteiger partial charge in [-0.1, -0.05) is 29.3 Å². The predicted molar refractivity (Wildman–Crippen MR) is 82.8 cm³/mol. The lowest BCUT2D eigenvalue weighted by Crippen LogP contribution is -2.50. The number of halogens is 2. The normalized spacial score (nSPS) is 23.0. The van der Waals surface area contributed by atoms with Crippen LogP contribution in [0.4, 0.5) is 5.69 Å². The Kier molecular flexibility index (Phi) is 4.09. The van der Waals surface area contributed by atoms with E-state index in [2.05, 4.69) is 0 Å². The molecule has 6 heteroatoms. The minimum Gasteiger partial charge on any atom is -0.331 e. The fourth-order valence-electron chi connectivity index (χ4n) is 3.10. The molecular formula is C15H16Cl2N2O2. The highest BCUT2D eigenvalue weighted by Gasteiger charge is 2.39. The Labute approximate surface area is 133 Å². The van der Waals surface area contributed by atoms with E-state index in [0.717, 1.165) is 12.8 Å². The molecule has 1 aromatic rings. The average molecular weight is 327 g/mol. The Hall–Kier alpha value is -1.26. The number of piperidine rings is 1. The standard InChI is InChI=1S/C15H16Cl2N2O2/c16-10-4-3-5-11(17)14(10)19-9-7-13(20)18-8-2-1-6-12(18)15(19)21/h3-5,12H,1-2,6-9H2. The lowest BCUT2D eigenvalue weighted by molar-refractivity contribution is -0.138. The van der Waals surface area contributed by atoms with Crippen molar-refractivity contribution in [2.24, 2.45) is 0 Å². The number of hydrogen-bond donors (Lipinski definition) is 0. The molecule has 0 saturated carbocycles. The molecule has 1 unspecified atom stereocenters. The Balaban J connectivity index is 2.00. The maximum Gasteiger partial charge on any atom is 0.249 e. The SMILES string of the molecule is O=C1C2CCCCN2C(=O)CCN1c1c(Cl)cccc1Cl. The third-order valence-corrected chi connectivity index (χ3v) is 4.74. The molecule has 112 valence electrons. The molecule has 0 spiro atoms. The van der Waals surface area contributed by atoms with Crippen LogP contribution >= 0.6 is 23.2 Å². The summed E-state index contributed by atoms with van der Waals surface area (Å²) in [5, 5.41) is 0.875. The van der Waals surface area contributed by atoms with Gasteiger partial charge in [0.25, 0.3) is 0 Å². The molecule has 1 atom stereocenters. The first-order valence-electron chi connectivity index (χ1n) is 7.14. The molecule has 0 radical (unpaired) electrons. The summed E-state index contributed by atoms with van der Waals surface area (Å²) in [5.74, 6) is -0.0331. The van der Waals surface area contributed by atoms with Gasteiger partial charge in [0, 0.05) is 19.5 Å². The third kappa shape index (κ3) is 2.62. The Bertz CT molecular complexity index is 571. The summed E-state index contributed by atoms with van der Waals surface area (Å²) in [6.07, 6.45) is 2.94. The first kappa shape index (κ1) is 14.7. The summed E-state index contributed by atoms with van der Waals surface area (Å²) in [6, 6.07) is 4.79. The largest absolute Gasteiger partial charge is 0.331 e. The summed E-state index contributed by atoms with van der Waals surface area (Å²) in [6.45, 7) is 0.994. The fraction of sp³-hybridized carbons (Fsp3) is 0.467. The topological polar surface area (TPSA) is 40.6 Å². The quantitative estimate of drug-likeness (QED) is 0.795. The van der Waals surface area contributed by atoms with Crippen molar-refractivity contribution in [1.82, 2.24) is 4.90 Å². The monoisotopic (exact) mass is 326 g/mol. The third-order valence-electron chi connectivity index (χ3n) is 4.13. The van der Waals surface area contributed by atoms with Gasteiger partial charge in [-0.3, -0.25) is 9.59 Å². The summed E-state index contributed by atoms with van der Waals surface area (Å²) in [4.78, 5) is 28.4. The van der Waals surface area contributed by atoms with Gasteiger partial charge in [-0.15, -0.1) is 0 Å². The number of amides is 2. The molecule has 21 heavy (non-hydrogen) atoms.